The Morgan fingerprint density at radius 1 is 0.302 bits per heavy atom. The average molecular weight is 676 g/mol. The predicted molar refractivity (Wildman–Crippen MR) is 225 cm³/mol. The Kier molecular flexibility index (Phi) is 5.64. The molecule has 53 heavy (non-hydrogen) atoms. The zero-order valence-corrected chi connectivity index (χ0v) is 29.4. The van der Waals surface area contributed by atoms with Gasteiger partial charge in [0.05, 0.1) is 38.6 Å². The van der Waals surface area contributed by atoms with Crippen LogP contribution in [0.15, 0.2) is 164 Å². The van der Waals surface area contributed by atoms with Crippen molar-refractivity contribution in [3.8, 4) is 22.5 Å². The van der Waals surface area contributed by atoms with E-state index in [1.54, 1.807) is 0 Å². The first-order valence-electron chi connectivity index (χ1n) is 18.4. The lowest BCUT2D eigenvalue weighted by Gasteiger charge is -2.10. The minimum atomic E-state index is 1.18. The molecule has 0 amide bonds. The molecule has 3 heteroatoms. The molecular weight excluding hydrogens is 643 g/mol. The third kappa shape index (κ3) is 3.88. The molecule has 0 unspecified atom stereocenters. The van der Waals surface area contributed by atoms with Crippen molar-refractivity contribution in [2.75, 3.05) is 0 Å². The van der Waals surface area contributed by atoms with E-state index in [4.69, 9.17) is 0 Å². The standard InChI is InChI=1S/C50H33N3/c1-30-16-20-46-38(24-30)40-26-32(18-22-48(40)51(46)34-10-4-3-5-11-34)33-19-23-49-41(27-33)39-25-31(2)17-21-47(39)52(49)35-28-42-36-12-6-8-14-44(36)53-45-15-9-7-13-37(45)43(29-35)50(42)53/h3-29H,1-2H3. The second-order valence-electron chi connectivity index (χ2n) is 14.8. The van der Waals surface area contributed by atoms with E-state index in [1.807, 2.05) is 0 Å². The average Bonchev–Trinajstić information content (AvgIpc) is 3.91. The molecule has 0 aliphatic heterocycles. The molecule has 0 spiro atoms. The van der Waals surface area contributed by atoms with E-state index < -0.39 is 0 Å². The van der Waals surface area contributed by atoms with Crippen LogP contribution in [-0.4, -0.2) is 13.5 Å². The highest BCUT2D eigenvalue weighted by atomic mass is 15.0. The van der Waals surface area contributed by atoms with Gasteiger partial charge in [-0.05, 0) is 110 Å². The molecule has 3 nitrogen and oxygen atoms in total. The molecule has 12 rings (SSSR count). The van der Waals surface area contributed by atoms with E-state index in [1.165, 1.54) is 115 Å². The molecule has 0 aliphatic carbocycles. The molecular formula is C50H33N3. The minimum Gasteiger partial charge on any atom is -0.309 e. The van der Waals surface area contributed by atoms with Gasteiger partial charge < -0.3 is 13.5 Å². The van der Waals surface area contributed by atoms with Gasteiger partial charge >= 0.3 is 0 Å². The Balaban J connectivity index is 1.11. The SMILES string of the molecule is Cc1ccc2c(c1)c1cc(-c3ccc4c(c3)c3cc(C)ccc3n4-c3cc4c5ccccc5n5c6ccccc6c(c3)c45)ccc1n2-c1ccccc1. The molecule has 0 aliphatic rings. The maximum absolute atomic E-state index is 2.48. The topological polar surface area (TPSA) is 14.3 Å². The van der Waals surface area contributed by atoms with Crippen LogP contribution in [0.2, 0.25) is 0 Å². The lowest BCUT2D eigenvalue weighted by atomic mass is 10.00. The molecule has 4 heterocycles. The molecule has 0 saturated heterocycles. The molecule has 0 N–H and O–H groups in total. The normalized spacial score (nSPS) is 12.3. The van der Waals surface area contributed by atoms with Gasteiger partial charge in [-0.25, -0.2) is 0 Å². The summed E-state index contributed by atoms with van der Waals surface area (Å²) in [6, 6.07) is 61.0. The number of aryl methyl sites for hydroxylation is 2. The summed E-state index contributed by atoms with van der Waals surface area (Å²) in [4.78, 5) is 0. The van der Waals surface area contributed by atoms with Gasteiger partial charge in [-0.3, -0.25) is 0 Å². The summed E-state index contributed by atoms with van der Waals surface area (Å²) in [5.74, 6) is 0. The van der Waals surface area contributed by atoms with Crippen LogP contribution in [0.5, 0.6) is 0 Å². The highest BCUT2D eigenvalue weighted by Gasteiger charge is 2.21. The summed E-state index contributed by atoms with van der Waals surface area (Å²) in [5.41, 5.74) is 16.0. The minimum absolute atomic E-state index is 1.18. The van der Waals surface area contributed by atoms with Crippen LogP contribution in [-0.2, 0) is 0 Å². The van der Waals surface area contributed by atoms with Gasteiger partial charge in [0.25, 0.3) is 0 Å². The summed E-state index contributed by atoms with van der Waals surface area (Å²) in [7, 11) is 0. The number of fused-ring (bicyclic) bond motifs is 12. The monoisotopic (exact) mass is 675 g/mol. The van der Waals surface area contributed by atoms with Gasteiger partial charge in [-0.15, -0.1) is 0 Å². The zero-order valence-electron chi connectivity index (χ0n) is 29.4. The Hall–Kier alpha value is -6.84. The van der Waals surface area contributed by atoms with Crippen LogP contribution >= 0.6 is 0 Å². The quantitative estimate of drug-likeness (QED) is 0.177. The number of para-hydroxylation sites is 3. The molecule has 4 aromatic heterocycles. The fourth-order valence-electron chi connectivity index (χ4n) is 9.33. The summed E-state index contributed by atoms with van der Waals surface area (Å²) >= 11 is 0. The lowest BCUT2D eigenvalue weighted by molar-refractivity contribution is 1.18. The van der Waals surface area contributed by atoms with E-state index >= 15 is 0 Å². The summed E-state index contributed by atoms with van der Waals surface area (Å²) < 4.78 is 7.33. The Labute approximate surface area is 305 Å². The van der Waals surface area contributed by atoms with Crippen molar-refractivity contribution < 1.29 is 0 Å². The molecule has 0 radical (unpaired) electrons. The van der Waals surface area contributed by atoms with Crippen molar-refractivity contribution in [1.29, 1.82) is 0 Å². The van der Waals surface area contributed by atoms with Crippen LogP contribution in [0, 0.1) is 13.8 Å². The van der Waals surface area contributed by atoms with Crippen LogP contribution in [0.1, 0.15) is 11.1 Å². The second-order valence-corrected chi connectivity index (χ2v) is 14.8. The van der Waals surface area contributed by atoms with Crippen molar-refractivity contribution >= 4 is 81.7 Å². The largest absolute Gasteiger partial charge is 0.309 e. The van der Waals surface area contributed by atoms with Crippen molar-refractivity contribution in [2.45, 2.75) is 13.8 Å². The van der Waals surface area contributed by atoms with E-state index in [0.717, 1.165) is 0 Å². The number of nitrogens with zero attached hydrogens (tertiary/aromatic N) is 3. The Morgan fingerprint density at radius 3 is 1.26 bits per heavy atom. The van der Waals surface area contributed by atoms with Crippen molar-refractivity contribution in [1.82, 2.24) is 13.5 Å². The third-order valence-electron chi connectivity index (χ3n) is 11.6. The fraction of sp³-hybridized carbons (Fsp3) is 0.0400. The van der Waals surface area contributed by atoms with Gasteiger partial charge in [-0.2, -0.15) is 0 Å². The van der Waals surface area contributed by atoms with Crippen molar-refractivity contribution in [2.24, 2.45) is 0 Å². The molecule has 0 bridgehead atoms. The number of aromatic nitrogens is 3. The van der Waals surface area contributed by atoms with Gasteiger partial charge in [-0.1, -0.05) is 90.0 Å². The Morgan fingerprint density at radius 2 is 0.736 bits per heavy atom. The fourth-order valence-corrected chi connectivity index (χ4v) is 9.33. The van der Waals surface area contributed by atoms with E-state index in [2.05, 4.69) is 191 Å². The Bertz CT molecular complexity index is 3380. The molecule has 0 atom stereocenters. The zero-order chi connectivity index (χ0) is 34.9. The highest BCUT2D eigenvalue weighted by molar-refractivity contribution is 6.24. The van der Waals surface area contributed by atoms with E-state index in [-0.39, 0.29) is 0 Å². The van der Waals surface area contributed by atoms with Crippen LogP contribution in [0.3, 0.4) is 0 Å². The van der Waals surface area contributed by atoms with Gasteiger partial charge in [0.15, 0.2) is 0 Å². The number of hydrogen-bond acceptors (Lipinski definition) is 0. The maximum Gasteiger partial charge on any atom is 0.0622 e. The van der Waals surface area contributed by atoms with Crippen LogP contribution in [0.25, 0.3) is 104 Å². The van der Waals surface area contributed by atoms with Crippen molar-refractivity contribution in [3.05, 3.63) is 175 Å². The first-order valence-corrected chi connectivity index (χ1v) is 18.4. The summed E-state index contributed by atoms with van der Waals surface area (Å²) in [6.07, 6.45) is 0. The van der Waals surface area contributed by atoms with Crippen molar-refractivity contribution in [3.63, 3.8) is 0 Å². The van der Waals surface area contributed by atoms with Crippen LogP contribution < -0.4 is 0 Å². The predicted octanol–water partition coefficient (Wildman–Crippen LogP) is 13.3. The number of benzene rings is 8. The first kappa shape index (κ1) is 28.8. The molecule has 0 fully saturated rings. The van der Waals surface area contributed by atoms with E-state index in [0.29, 0.717) is 0 Å². The molecule has 0 saturated carbocycles. The maximum atomic E-state index is 2.48. The lowest BCUT2D eigenvalue weighted by Crippen LogP contribution is -1.94. The summed E-state index contributed by atoms with van der Waals surface area (Å²) in [5, 5.41) is 10.3. The number of hydrogen-bond donors (Lipinski definition) is 0. The highest BCUT2D eigenvalue weighted by Crippen LogP contribution is 2.43. The third-order valence-corrected chi connectivity index (χ3v) is 11.6. The summed E-state index contributed by atoms with van der Waals surface area (Å²) in [6.45, 7) is 4.38. The molecule has 248 valence electrons. The van der Waals surface area contributed by atoms with Gasteiger partial charge in [0, 0.05) is 54.5 Å². The molecule has 12 aromatic rings. The number of rotatable bonds is 3. The van der Waals surface area contributed by atoms with Crippen LogP contribution in [0.4, 0.5) is 0 Å². The van der Waals surface area contributed by atoms with Gasteiger partial charge in [0.1, 0.15) is 0 Å². The first-order chi connectivity index (χ1) is 26.1. The smallest absolute Gasteiger partial charge is 0.0622 e. The van der Waals surface area contributed by atoms with Gasteiger partial charge in [0.2, 0.25) is 0 Å². The molecule has 8 aromatic carbocycles. The second kappa shape index (κ2) is 10.4. The van der Waals surface area contributed by atoms with E-state index in [9.17, 15) is 0 Å².